The Hall–Kier alpha value is -1.35. The molecular weight excluding hydrogens is 236 g/mol. The largest absolute Gasteiger partial charge is 0.327 e. The smallest absolute Gasteiger partial charge is 0.237 e. The molecule has 1 aromatic carbocycles. The van der Waals surface area contributed by atoms with Crippen LogP contribution in [0.4, 0.5) is 0 Å². The monoisotopic (exact) mass is 266 g/mol. The molecule has 1 amide bonds. The van der Waals surface area contributed by atoms with Crippen molar-refractivity contribution in [3.63, 3.8) is 0 Å². The Morgan fingerprint density at radius 3 is 1.79 bits per heavy atom. The van der Waals surface area contributed by atoms with Gasteiger partial charge in [-0.2, -0.15) is 0 Å². The first-order chi connectivity index (χ1) is 8.43. The van der Waals surface area contributed by atoms with Crippen LogP contribution in [0, 0.1) is 6.92 Å². The minimum atomic E-state index is -0.142. The molecule has 3 nitrogen and oxygen atoms in total. The molecule has 0 radical (unpaired) electrons. The van der Waals surface area contributed by atoms with Crippen LogP contribution >= 0.6 is 0 Å². The van der Waals surface area contributed by atoms with Crippen LogP contribution in [0.5, 0.6) is 0 Å². The van der Waals surface area contributed by atoms with Crippen LogP contribution in [-0.2, 0) is 4.79 Å². The fraction of sp³-hybridized carbons (Fsp3) is 0.562. The predicted octanol–water partition coefficient (Wildman–Crippen LogP) is 3.44. The summed E-state index contributed by atoms with van der Waals surface area (Å²) in [5, 5.41) is 3.07. The summed E-state index contributed by atoms with van der Waals surface area (Å²) in [5.41, 5.74) is 1.18. The summed E-state index contributed by atoms with van der Waals surface area (Å²) >= 11 is 0. The number of amides is 1. The van der Waals surface area contributed by atoms with Crippen molar-refractivity contribution in [2.75, 3.05) is 13.6 Å². The Labute approximate surface area is 119 Å². The van der Waals surface area contributed by atoms with Gasteiger partial charge < -0.3 is 4.90 Å². The van der Waals surface area contributed by atoms with E-state index in [1.165, 1.54) is 5.56 Å². The summed E-state index contributed by atoms with van der Waals surface area (Å²) < 4.78 is 0. The molecule has 1 aliphatic rings. The summed E-state index contributed by atoms with van der Waals surface area (Å²) in [6, 6.07) is 10.3. The van der Waals surface area contributed by atoms with Gasteiger partial charge in [-0.15, -0.1) is 0 Å². The molecule has 0 bridgehead atoms. The fourth-order valence-corrected chi connectivity index (χ4v) is 1.38. The van der Waals surface area contributed by atoms with E-state index in [9.17, 15) is 4.79 Å². The van der Waals surface area contributed by atoms with Gasteiger partial charge in [0.2, 0.25) is 5.91 Å². The molecule has 110 valence electrons. The van der Waals surface area contributed by atoms with E-state index in [-0.39, 0.29) is 19.0 Å². The standard InChI is InChI=1S/C7H8.C6H12N2O.C2H6.CH4/c1-7-5-3-2-4-6-7;1-6(2)7-4-5(9)8(6)3;1-2;/h2-6H,1H3;7H,4H2,1-3H3;1-2H3;1H4. The molecule has 1 N–H and O–H groups in total. The molecule has 0 atom stereocenters. The zero-order valence-corrected chi connectivity index (χ0v) is 12.4. The maximum Gasteiger partial charge on any atom is 0.237 e. The van der Waals surface area contributed by atoms with E-state index in [1.807, 2.05) is 52.9 Å². The number of aryl methyl sites for hydroxylation is 1. The van der Waals surface area contributed by atoms with Crippen molar-refractivity contribution in [2.45, 2.75) is 47.7 Å². The zero-order valence-electron chi connectivity index (χ0n) is 12.4. The Morgan fingerprint density at radius 1 is 1.16 bits per heavy atom. The quantitative estimate of drug-likeness (QED) is 0.780. The molecule has 1 saturated heterocycles. The SMILES string of the molecule is C.CC.CN1C(=O)CNC1(C)C.Cc1ccccc1. The van der Waals surface area contributed by atoms with Crippen molar-refractivity contribution in [3.05, 3.63) is 35.9 Å². The Kier molecular flexibility index (Phi) is 10.1. The van der Waals surface area contributed by atoms with Gasteiger partial charge in [-0.1, -0.05) is 57.2 Å². The molecule has 0 unspecified atom stereocenters. The van der Waals surface area contributed by atoms with Crippen LogP contribution in [0.2, 0.25) is 0 Å². The highest BCUT2D eigenvalue weighted by Crippen LogP contribution is 2.12. The van der Waals surface area contributed by atoms with E-state index in [4.69, 9.17) is 0 Å². The molecule has 1 aromatic rings. The van der Waals surface area contributed by atoms with Gasteiger partial charge in [-0.05, 0) is 20.8 Å². The van der Waals surface area contributed by atoms with Gasteiger partial charge in [0, 0.05) is 7.05 Å². The highest BCUT2D eigenvalue weighted by molar-refractivity contribution is 5.80. The molecule has 0 aliphatic carbocycles. The second-order valence-corrected chi connectivity index (χ2v) is 4.52. The zero-order chi connectivity index (χ0) is 14.2. The summed E-state index contributed by atoms with van der Waals surface area (Å²) in [5.74, 6) is 0.167. The van der Waals surface area contributed by atoms with Gasteiger partial charge in [0.1, 0.15) is 0 Å². The number of rotatable bonds is 0. The highest BCUT2D eigenvalue weighted by atomic mass is 16.2. The molecule has 0 aromatic heterocycles. The van der Waals surface area contributed by atoms with Crippen LogP contribution in [0.1, 0.15) is 40.7 Å². The third-order valence-corrected chi connectivity index (χ3v) is 2.83. The molecule has 1 fully saturated rings. The minimum absolute atomic E-state index is 0. The molecular formula is C16H30N2O. The Bertz CT molecular complexity index is 347. The van der Waals surface area contributed by atoms with E-state index in [2.05, 4.69) is 24.4 Å². The molecule has 1 aliphatic heterocycles. The van der Waals surface area contributed by atoms with Gasteiger partial charge in [0.25, 0.3) is 0 Å². The maximum absolute atomic E-state index is 10.9. The number of carbonyl (C=O) groups excluding carboxylic acids is 1. The van der Waals surface area contributed by atoms with Crippen molar-refractivity contribution in [3.8, 4) is 0 Å². The first kappa shape index (κ1) is 20.0. The van der Waals surface area contributed by atoms with Crippen LogP contribution < -0.4 is 5.32 Å². The van der Waals surface area contributed by atoms with E-state index < -0.39 is 0 Å². The first-order valence-electron chi connectivity index (χ1n) is 6.47. The molecule has 3 heteroatoms. The van der Waals surface area contributed by atoms with Crippen molar-refractivity contribution in [1.29, 1.82) is 0 Å². The topological polar surface area (TPSA) is 32.3 Å². The van der Waals surface area contributed by atoms with Gasteiger partial charge in [-0.3, -0.25) is 10.1 Å². The lowest BCUT2D eigenvalue weighted by Crippen LogP contribution is -2.44. The molecule has 2 rings (SSSR count). The fourth-order valence-electron chi connectivity index (χ4n) is 1.38. The number of likely N-dealkylation sites (N-methyl/N-ethyl adjacent to an activating group) is 1. The lowest BCUT2D eigenvalue weighted by molar-refractivity contribution is -0.128. The summed E-state index contributed by atoms with van der Waals surface area (Å²) in [7, 11) is 1.81. The molecule has 19 heavy (non-hydrogen) atoms. The lowest BCUT2D eigenvalue weighted by Gasteiger charge is -2.26. The Balaban J connectivity index is 0. The van der Waals surface area contributed by atoms with Crippen molar-refractivity contribution in [2.24, 2.45) is 0 Å². The van der Waals surface area contributed by atoms with E-state index in [0.29, 0.717) is 6.54 Å². The average Bonchev–Trinajstić information content (AvgIpc) is 2.61. The Morgan fingerprint density at radius 2 is 1.63 bits per heavy atom. The van der Waals surface area contributed by atoms with Crippen molar-refractivity contribution < 1.29 is 4.79 Å². The molecule has 0 spiro atoms. The van der Waals surface area contributed by atoms with Crippen molar-refractivity contribution in [1.82, 2.24) is 10.2 Å². The third-order valence-electron chi connectivity index (χ3n) is 2.83. The number of nitrogens with zero attached hydrogens (tertiary/aromatic N) is 1. The summed E-state index contributed by atoms with van der Waals surface area (Å²) in [4.78, 5) is 12.6. The number of nitrogens with one attached hydrogen (secondary N) is 1. The maximum atomic E-state index is 10.9. The average molecular weight is 266 g/mol. The van der Waals surface area contributed by atoms with E-state index in [1.54, 1.807) is 4.90 Å². The summed E-state index contributed by atoms with van der Waals surface area (Å²) in [6.45, 7) is 10.5. The summed E-state index contributed by atoms with van der Waals surface area (Å²) in [6.07, 6.45) is 0. The van der Waals surface area contributed by atoms with Crippen LogP contribution in [-0.4, -0.2) is 30.1 Å². The molecule has 0 saturated carbocycles. The number of hydrogen-bond acceptors (Lipinski definition) is 2. The normalized spacial score (nSPS) is 15.5. The van der Waals surface area contributed by atoms with Gasteiger partial charge in [0.05, 0.1) is 12.2 Å². The van der Waals surface area contributed by atoms with Gasteiger partial charge in [-0.25, -0.2) is 0 Å². The lowest BCUT2D eigenvalue weighted by atomic mass is 10.2. The van der Waals surface area contributed by atoms with Crippen LogP contribution in [0.25, 0.3) is 0 Å². The number of benzene rings is 1. The predicted molar refractivity (Wildman–Crippen MR) is 84.1 cm³/mol. The third kappa shape index (κ3) is 6.97. The second kappa shape index (κ2) is 9.56. The van der Waals surface area contributed by atoms with Crippen molar-refractivity contribution >= 4 is 5.91 Å². The van der Waals surface area contributed by atoms with Crippen LogP contribution in [0.3, 0.4) is 0 Å². The van der Waals surface area contributed by atoms with E-state index in [0.717, 1.165) is 0 Å². The second-order valence-electron chi connectivity index (χ2n) is 4.52. The van der Waals surface area contributed by atoms with Gasteiger partial charge >= 0.3 is 0 Å². The van der Waals surface area contributed by atoms with E-state index >= 15 is 0 Å². The minimum Gasteiger partial charge on any atom is -0.327 e. The highest BCUT2D eigenvalue weighted by Gasteiger charge is 2.33. The first-order valence-corrected chi connectivity index (χ1v) is 6.47. The van der Waals surface area contributed by atoms with Crippen LogP contribution in [0.15, 0.2) is 30.3 Å². The number of hydrogen-bond donors (Lipinski definition) is 1. The van der Waals surface area contributed by atoms with Gasteiger partial charge in [0.15, 0.2) is 0 Å². The number of carbonyl (C=O) groups is 1. The molecule has 1 heterocycles.